The molecule has 1 aliphatic rings. The van der Waals surface area contributed by atoms with E-state index in [2.05, 4.69) is 62.1 Å². The Morgan fingerprint density at radius 3 is 2.62 bits per heavy atom. The van der Waals surface area contributed by atoms with Crippen LogP contribution in [0.5, 0.6) is 0 Å². The van der Waals surface area contributed by atoms with Gasteiger partial charge in [-0.3, -0.25) is 0 Å². The summed E-state index contributed by atoms with van der Waals surface area (Å²) in [4.78, 5) is 6.96. The molecule has 3 nitrogen and oxygen atoms in total. The van der Waals surface area contributed by atoms with Gasteiger partial charge in [-0.1, -0.05) is 27.7 Å². The maximum atomic E-state index is 4.58. The number of nitrogens with zero attached hydrogens (tertiary/aromatic N) is 2. The Hall–Kier alpha value is -1.09. The number of hydrogen-bond acceptors (Lipinski definition) is 3. The smallest absolute Gasteiger partial charge is 0.128 e. The monoisotopic (exact) mass is 289 g/mol. The zero-order valence-electron chi connectivity index (χ0n) is 14.3. The molecular formula is C18H31N3. The average Bonchev–Trinajstić information content (AvgIpc) is 2.45. The van der Waals surface area contributed by atoms with Crippen LogP contribution in [0.4, 0.5) is 5.82 Å². The molecule has 3 heteroatoms. The minimum atomic E-state index is 0.514. The zero-order chi connectivity index (χ0) is 15.5. The van der Waals surface area contributed by atoms with E-state index in [1.54, 1.807) is 0 Å². The third-order valence-electron chi connectivity index (χ3n) is 4.74. The van der Waals surface area contributed by atoms with Crippen molar-refractivity contribution >= 4 is 5.82 Å². The van der Waals surface area contributed by atoms with Crippen molar-refractivity contribution in [2.24, 2.45) is 5.41 Å². The lowest BCUT2D eigenvalue weighted by Gasteiger charge is -2.39. The zero-order valence-corrected chi connectivity index (χ0v) is 14.3. The topological polar surface area (TPSA) is 28.2 Å². The number of pyridine rings is 1. The summed E-state index contributed by atoms with van der Waals surface area (Å²) in [5, 5.41) is 3.47. The van der Waals surface area contributed by atoms with E-state index in [4.69, 9.17) is 0 Å². The van der Waals surface area contributed by atoms with E-state index >= 15 is 0 Å². The summed E-state index contributed by atoms with van der Waals surface area (Å²) in [5.41, 5.74) is 1.84. The third-order valence-corrected chi connectivity index (χ3v) is 4.74. The molecule has 0 amide bonds. The van der Waals surface area contributed by atoms with Gasteiger partial charge in [-0.2, -0.15) is 0 Å². The van der Waals surface area contributed by atoms with Crippen LogP contribution < -0.4 is 10.2 Å². The first-order valence-electron chi connectivity index (χ1n) is 8.28. The van der Waals surface area contributed by atoms with Gasteiger partial charge >= 0.3 is 0 Å². The summed E-state index contributed by atoms with van der Waals surface area (Å²) in [7, 11) is 2.20. The van der Waals surface area contributed by atoms with E-state index in [9.17, 15) is 0 Å². The van der Waals surface area contributed by atoms with Gasteiger partial charge in [0.2, 0.25) is 0 Å². The van der Waals surface area contributed by atoms with Gasteiger partial charge in [0.15, 0.2) is 0 Å². The summed E-state index contributed by atoms with van der Waals surface area (Å²) in [5.74, 6) is 1.11. The maximum absolute atomic E-state index is 4.58. The molecule has 1 saturated carbocycles. The molecule has 0 unspecified atom stereocenters. The summed E-state index contributed by atoms with van der Waals surface area (Å²) in [6.45, 7) is 10.0. The maximum Gasteiger partial charge on any atom is 0.128 e. The number of rotatable bonds is 5. The Bertz CT molecular complexity index is 444. The van der Waals surface area contributed by atoms with Crippen molar-refractivity contribution in [3.05, 3.63) is 23.9 Å². The predicted molar refractivity (Wildman–Crippen MR) is 90.7 cm³/mol. The molecule has 118 valence electrons. The summed E-state index contributed by atoms with van der Waals surface area (Å²) in [6, 6.07) is 5.49. The van der Waals surface area contributed by atoms with Crippen molar-refractivity contribution in [3.8, 4) is 0 Å². The molecule has 0 aliphatic heterocycles. The Morgan fingerprint density at radius 1 is 1.33 bits per heavy atom. The fourth-order valence-corrected chi connectivity index (χ4v) is 3.04. The standard InChI is InChI=1S/C18H31N3/c1-14(2)20-13-15-8-11-19-17(12-15)21(5)16-6-9-18(3,4)10-7-16/h8,11-12,14,16,20H,6-7,9-10,13H2,1-5H3. The molecule has 0 atom stereocenters. The van der Waals surface area contributed by atoms with Crippen LogP contribution in [-0.2, 0) is 6.54 Å². The van der Waals surface area contributed by atoms with Gasteiger partial charge in [-0.05, 0) is 48.8 Å². The highest BCUT2D eigenvalue weighted by Gasteiger charge is 2.29. The molecule has 1 aliphatic carbocycles. The van der Waals surface area contributed by atoms with Gasteiger partial charge in [-0.15, -0.1) is 0 Å². The lowest BCUT2D eigenvalue weighted by atomic mass is 9.75. The largest absolute Gasteiger partial charge is 0.357 e. The van der Waals surface area contributed by atoms with E-state index in [0.29, 0.717) is 17.5 Å². The van der Waals surface area contributed by atoms with Gasteiger partial charge < -0.3 is 10.2 Å². The molecule has 0 spiro atoms. The minimum Gasteiger partial charge on any atom is -0.357 e. The molecular weight excluding hydrogens is 258 g/mol. The number of hydrogen-bond donors (Lipinski definition) is 1. The van der Waals surface area contributed by atoms with Crippen molar-refractivity contribution < 1.29 is 0 Å². The van der Waals surface area contributed by atoms with Crippen molar-refractivity contribution in [2.45, 2.75) is 72.0 Å². The van der Waals surface area contributed by atoms with Gasteiger partial charge in [0, 0.05) is 31.9 Å². The first-order chi connectivity index (χ1) is 9.87. The van der Waals surface area contributed by atoms with Crippen LogP contribution >= 0.6 is 0 Å². The first kappa shape index (κ1) is 16.3. The van der Waals surface area contributed by atoms with Crippen LogP contribution in [-0.4, -0.2) is 24.1 Å². The van der Waals surface area contributed by atoms with Crippen LogP contribution in [0.25, 0.3) is 0 Å². The molecule has 1 aromatic rings. The van der Waals surface area contributed by atoms with Crippen molar-refractivity contribution in [2.75, 3.05) is 11.9 Å². The Kier molecular flexibility index (Phi) is 5.26. The summed E-state index contributed by atoms with van der Waals surface area (Å²) in [6.07, 6.45) is 7.13. The molecule has 1 heterocycles. The van der Waals surface area contributed by atoms with E-state index in [-0.39, 0.29) is 0 Å². The fraction of sp³-hybridized carbons (Fsp3) is 0.722. The van der Waals surface area contributed by atoms with Gasteiger partial charge in [0.05, 0.1) is 0 Å². The molecule has 0 radical (unpaired) electrons. The minimum absolute atomic E-state index is 0.514. The first-order valence-corrected chi connectivity index (χ1v) is 8.28. The van der Waals surface area contributed by atoms with Crippen molar-refractivity contribution in [1.82, 2.24) is 10.3 Å². The average molecular weight is 289 g/mol. The van der Waals surface area contributed by atoms with Crippen molar-refractivity contribution in [3.63, 3.8) is 0 Å². The molecule has 1 fully saturated rings. The van der Waals surface area contributed by atoms with Crippen LogP contribution in [0.3, 0.4) is 0 Å². The number of nitrogens with one attached hydrogen (secondary N) is 1. The molecule has 1 aromatic heterocycles. The van der Waals surface area contributed by atoms with Crippen LogP contribution in [0.15, 0.2) is 18.3 Å². The Morgan fingerprint density at radius 2 is 2.00 bits per heavy atom. The van der Waals surface area contributed by atoms with Gasteiger partial charge in [-0.25, -0.2) is 4.98 Å². The second kappa shape index (κ2) is 6.78. The predicted octanol–water partition coefficient (Wildman–Crippen LogP) is 3.98. The Labute approximate surface area is 130 Å². The third kappa shape index (κ3) is 4.70. The van der Waals surface area contributed by atoms with E-state index in [0.717, 1.165) is 12.4 Å². The normalized spacial score (nSPS) is 19.0. The quantitative estimate of drug-likeness (QED) is 0.888. The molecule has 0 saturated heterocycles. The molecule has 0 bridgehead atoms. The second-order valence-electron chi connectivity index (χ2n) is 7.56. The molecule has 1 N–H and O–H groups in total. The molecule has 21 heavy (non-hydrogen) atoms. The highest BCUT2D eigenvalue weighted by Crippen LogP contribution is 2.37. The number of aromatic nitrogens is 1. The fourth-order valence-electron chi connectivity index (χ4n) is 3.04. The lowest BCUT2D eigenvalue weighted by Crippen LogP contribution is -2.37. The summed E-state index contributed by atoms with van der Waals surface area (Å²) >= 11 is 0. The van der Waals surface area contributed by atoms with E-state index in [1.165, 1.54) is 31.2 Å². The van der Waals surface area contributed by atoms with Gasteiger partial charge in [0.25, 0.3) is 0 Å². The van der Waals surface area contributed by atoms with Gasteiger partial charge in [0.1, 0.15) is 5.82 Å². The van der Waals surface area contributed by atoms with Crippen LogP contribution in [0.2, 0.25) is 0 Å². The highest BCUT2D eigenvalue weighted by atomic mass is 15.2. The van der Waals surface area contributed by atoms with Crippen molar-refractivity contribution in [1.29, 1.82) is 0 Å². The van der Waals surface area contributed by atoms with Crippen LogP contribution in [0.1, 0.15) is 58.9 Å². The molecule has 2 rings (SSSR count). The lowest BCUT2D eigenvalue weighted by molar-refractivity contribution is 0.222. The van der Waals surface area contributed by atoms with E-state index in [1.807, 2.05) is 6.20 Å². The Balaban J connectivity index is 1.99. The second-order valence-corrected chi connectivity index (χ2v) is 7.56. The molecule has 0 aromatic carbocycles. The summed E-state index contributed by atoms with van der Waals surface area (Å²) < 4.78 is 0. The van der Waals surface area contributed by atoms with E-state index < -0.39 is 0 Å². The number of anilines is 1. The van der Waals surface area contributed by atoms with Crippen LogP contribution in [0, 0.1) is 5.41 Å². The SMILES string of the molecule is CC(C)NCc1ccnc(N(C)C2CCC(C)(C)CC2)c1. The highest BCUT2D eigenvalue weighted by molar-refractivity contribution is 5.41.